The monoisotopic (exact) mass is 325 g/mol. The van der Waals surface area contributed by atoms with E-state index in [1.54, 1.807) is 31.2 Å². The minimum atomic E-state index is -0.676. The van der Waals surface area contributed by atoms with Crippen LogP contribution in [0.15, 0.2) is 24.3 Å². The Morgan fingerprint density at radius 2 is 2.18 bits per heavy atom. The van der Waals surface area contributed by atoms with Crippen molar-refractivity contribution in [1.29, 1.82) is 5.41 Å². The van der Waals surface area contributed by atoms with Crippen LogP contribution in [0.25, 0.3) is 0 Å². The van der Waals surface area contributed by atoms with Crippen molar-refractivity contribution in [2.75, 3.05) is 23.9 Å². The molecule has 1 aromatic carbocycles. The summed E-state index contributed by atoms with van der Waals surface area (Å²) in [5, 5.41) is 10.1. The Morgan fingerprint density at radius 3 is 2.73 bits per heavy atom. The summed E-state index contributed by atoms with van der Waals surface area (Å²) in [5.41, 5.74) is 1.14. The first-order chi connectivity index (χ1) is 10.5. The summed E-state index contributed by atoms with van der Waals surface area (Å²) in [7, 11) is 0. The molecule has 1 heterocycles. The first kappa shape index (κ1) is 16.1. The Kier molecular flexibility index (Phi) is 5.21. The van der Waals surface area contributed by atoms with Crippen LogP contribution < -0.4 is 10.2 Å². The number of ether oxygens (including phenoxy) is 2. The third-order valence-corrected chi connectivity index (χ3v) is 3.36. The van der Waals surface area contributed by atoms with Crippen molar-refractivity contribution in [2.45, 2.75) is 13.0 Å². The van der Waals surface area contributed by atoms with Gasteiger partial charge in [0, 0.05) is 11.3 Å². The molecule has 0 spiro atoms. The van der Waals surface area contributed by atoms with Gasteiger partial charge in [-0.1, -0.05) is 0 Å². The van der Waals surface area contributed by atoms with Crippen LogP contribution in [0, 0.1) is 5.41 Å². The van der Waals surface area contributed by atoms with E-state index in [0.29, 0.717) is 17.8 Å². The van der Waals surface area contributed by atoms with Crippen LogP contribution in [0.2, 0.25) is 0 Å². The number of hydrogen-bond donors (Lipinski definition) is 2. The van der Waals surface area contributed by atoms with Crippen molar-refractivity contribution in [3.8, 4) is 0 Å². The minimum Gasteiger partial charge on any atom is -0.450 e. The molecule has 8 heteroatoms. The van der Waals surface area contributed by atoms with Crippen LogP contribution in [0.3, 0.4) is 0 Å². The Bertz CT molecular complexity index is 576. The van der Waals surface area contributed by atoms with E-state index in [2.05, 4.69) is 5.32 Å². The molecule has 7 nitrogen and oxygen atoms in total. The second-order valence-corrected chi connectivity index (χ2v) is 4.85. The SMILES string of the molecule is CCOC(=O)NC(=N)c1ccc(N2C[C@@H](CCl)OC2=O)cc1. The maximum absolute atomic E-state index is 11.7. The van der Waals surface area contributed by atoms with Gasteiger partial charge >= 0.3 is 12.2 Å². The fourth-order valence-corrected chi connectivity index (χ4v) is 2.12. The van der Waals surface area contributed by atoms with E-state index >= 15 is 0 Å². The summed E-state index contributed by atoms with van der Waals surface area (Å²) < 4.78 is 9.78. The summed E-state index contributed by atoms with van der Waals surface area (Å²) in [4.78, 5) is 24.4. The fraction of sp³-hybridized carbons (Fsp3) is 0.357. The number of amides is 2. The molecule has 118 valence electrons. The van der Waals surface area contributed by atoms with Crippen LogP contribution in [0.4, 0.5) is 15.3 Å². The molecule has 1 aliphatic rings. The maximum Gasteiger partial charge on any atom is 0.414 e. The summed E-state index contributed by atoms with van der Waals surface area (Å²) in [6.45, 7) is 2.30. The number of carbonyl (C=O) groups is 2. The van der Waals surface area contributed by atoms with Crippen LogP contribution >= 0.6 is 11.6 Å². The normalized spacial score (nSPS) is 17.1. The van der Waals surface area contributed by atoms with Crippen LogP contribution in [0.5, 0.6) is 0 Å². The highest BCUT2D eigenvalue weighted by molar-refractivity contribution is 6.18. The Morgan fingerprint density at radius 1 is 1.50 bits per heavy atom. The first-order valence-electron chi connectivity index (χ1n) is 6.72. The molecule has 22 heavy (non-hydrogen) atoms. The highest BCUT2D eigenvalue weighted by Crippen LogP contribution is 2.22. The molecule has 2 N–H and O–H groups in total. The fourth-order valence-electron chi connectivity index (χ4n) is 1.96. The van der Waals surface area contributed by atoms with Crippen molar-refractivity contribution in [3.63, 3.8) is 0 Å². The number of carbonyl (C=O) groups excluding carboxylic acids is 2. The number of cyclic esters (lactones) is 1. The highest BCUT2D eigenvalue weighted by atomic mass is 35.5. The lowest BCUT2D eigenvalue weighted by Crippen LogP contribution is -2.31. The Hall–Kier alpha value is -2.28. The van der Waals surface area contributed by atoms with Crippen molar-refractivity contribution in [1.82, 2.24) is 5.32 Å². The lowest BCUT2D eigenvalue weighted by atomic mass is 10.2. The van der Waals surface area contributed by atoms with Gasteiger partial charge in [0.15, 0.2) is 0 Å². The molecule has 1 fully saturated rings. The number of benzene rings is 1. The molecule has 2 rings (SSSR count). The van der Waals surface area contributed by atoms with E-state index in [0.717, 1.165) is 0 Å². The summed E-state index contributed by atoms with van der Waals surface area (Å²) in [5.74, 6) is 0.168. The predicted molar refractivity (Wildman–Crippen MR) is 81.8 cm³/mol. The zero-order chi connectivity index (χ0) is 16.1. The van der Waals surface area contributed by atoms with Gasteiger partial charge in [-0.05, 0) is 31.2 Å². The van der Waals surface area contributed by atoms with Gasteiger partial charge in [-0.25, -0.2) is 9.59 Å². The number of alkyl halides is 1. The second-order valence-electron chi connectivity index (χ2n) is 4.54. The largest absolute Gasteiger partial charge is 0.450 e. The number of amidine groups is 1. The van der Waals surface area contributed by atoms with Gasteiger partial charge in [0.05, 0.1) is 19.0 Å². The summed E-state index contributed by atoms with van der Waals surface area (Å²) >= 11 is 5.68. The molecule has 0 saturated carbocycles. The zero-order valence-corrected chi connectivity index (χ0v) is 12.7. The number of halogens is 1. The molecule has 0 bridgehead atoms. The molecule has 2 amide bonds. The third kappa shape index (κ3) is 3.67. The topological polar surface area (TPSA) is 91.7 Å². The van der Waals surface area contributed by atoms with Crippen LogP contribution in [-0.2, 0) is 9.47 Å². The van der Waals surface area contributed by atoms with Gasteiger partial charge in [-0.15, -0.1) is 11.6 Å². The van der Waals surface area contributed by atoms with Crippen molar-refractivity contribution in [2.24, 2.45) is 0 Å². The Labute approximate surface area is 132 Å². The van der Waals surface area contributed by atoms with Crippen LogP contribution in [0.1, 0.15) is 12.5 Å². The van der Waals surface area contributed by atoms with Crippen molar-refractivity contribution >= 4 is 35.3 Å². The van der Waals surface area contributed by atoms with E-state index in [1.807, 2.05) is 0 Å². The average Bonchev–Trinajstić information content (AvgIpc) is 2.88. The number of alkyl carbamates (subject to hydrolysis) is 1. The lowest BCUT2D eigenvalue weighted by molar-refractivity contribution is 0.151. The van der Waals surface area contributed by atoms with E-state index in [-0.39, 0.29) is 24.4 Å². The molecule has 0 aliphatic carbocycles. The Balaban J connectivity index is 2.03. The number of nitrogens with zero attached hydrogens (tertiary/aromatic N) is 1. The number of anilines is 1. The first-order valence-corrected chi connectivity index (χ1v) is 7.25. The second kappa shape index (κ2) is 7.13. The van der Waals surface area contributed by atoms with Gasteiger partial charge < -0.3 is 9.47 Å². The molecule has 1 aliphatic heterocycles. The van der Waals surface area contributed by atoms with E-state index in [4.69, 9.17) is 26.5 Å². The average molecular weight is 326 g/mol. The number of rotatable bonds is 4. The third-order valence-electron chi connectivity index (χ3n) is 3.02. The molecule has 0 aromatic heterocycles. The van der Waals surface area contributed by atoms with E-state index in [9.17, 15) is 9.59 Å². The zero-order valence-electron chi connectivity index (χ0n) is 12.0. The molecule has 0 unspecified atom stereocenters. The van der Waals surface area contributed by atoms with Gasteiger partial charge in [0.2, 0.25) is 0 Å². The van der Waals surface area contributed by atoms with Gasteiger partial charge in [-0.2, -0.15) is 0 Å². The molecule has 0 radical (unpaired) electrons. The lowest BCUT2D eigenvalue weighted by Gasteiger charge is -2.13. The molecule has 1 atom stereocenters. The standard InChI is InChI=1S/C14H16ClN3O4/c1-2-21-13(19)17-12(16)9-3-5-10(6-4-9)18-8-11(7-15)22-14(18)20/h3-6,11H,2,7-8H2,1H3,(H2,16,17,19)/t11-/m1/s1. The summed E-state index contributed by atoms with van der Waals surface area (Å²) in [6, 6.07) is 6.61. The molecular weight excluding hydrogens is 310 g/mol. The van der Waals surface area contributed by atoms with E-state index < -0.39 is 12.2 Å². The molecular formula is C14H16ClN3O4. The smallest absolute Gasteiger partial charge is 0.414 e. The van der Waals surface area contributed by atoms with Gasteiger partial charge in [-0.3, -0.25) is 15.6 Å². The molecule has 1 saturated heterocycles. The van der Waals surface area contributed by atoms with Crippen molar-refractivity contribution < 1.29 is 19.1 Å². The number of nitrogens with one attached hydrogen (secondary N) is 2. The molecule has 1 aromatic rings. The minimum absolute atomic E-state index is 0.0763. The van der Waals surface area contributed by atoms with Crippen LogP contribution in [-0.4, -0.2) is 43.2 Å². The van der Waals surface area contributed by atoms with Gasteiger partial charge in [0.25, 0.3) is 0 Å². The summed E-state index contributed by atoms with van der Waals surface area (Å²) in [6.07, 6.45) is -1.44. The maximum atomic E-state index is 11.7. The quantitative estimate of drug-likeness (QED) is 0.505. The van der Waals surface area contributed by atoms with Crippen molar-refractivity contribution in [3.05, 3.63) is 29.8 Å². The predicted octanol–water partition coefficient (Wildman–Crippen LogP) is 2.32. The highest BCUT2D eigenvalue weighted by Gasteiger charge is 2.31. The van der Waals surface area contributed by atoms with E-state index in [1.165, 1.54) is 4.90 Å². The number of hydrogen-bond acceptors (Lipinski definition) is 5. The van der Waals surface area contributed by atoms with Gasteiger partial charge in [0.1, 0.15) is 11.9 Å².